The molecule has 4 heteroatoms. The summed E-state index contributed by atoms with van der Waals surface area (Å²) in [6.07, 6.45) is 9.40. The van der Waals surface area contributed by atoms with Gasteiger partial charge in [0, 0.05) is 11.1 Å². The van der Waals surface area contributed by atoms with Gasteiger partial charge in [0.15, 0.2) is 0 Å². The number of aryl methyl sites for hydroxylation is 2. The van der Waals surface area contributed by atoms with Crippen molar-refractivity contribution >= 4 is 11.6 Å². The number of carbonyl (C=O) groups excluding carboxylic acids is 2. The maximum Gasteiger partial charge on any atom is 0.216 e. The normalized spacial score (nSPS) is 19.5. The second-order valence-electron chi connectivity index (χ2n) is 11.3. The fourth-order valence-electron chi connectivity index (χ4n) is 5.75. The summed E-state index contributed by atoms with van der Waals surface area (Å²) in [5.74, 6) is 0.522. The standard InChI is InChI=1S/C30H42N2O2/c1-31(19-5-3-6-20-31)23-29(33)27-15-11-25(12-16-27)9-10-26-13-17-28(18-14-26)30(34)24-32(2)21-7-4-8-22-32/h11-18H,3-10,19-24H2,1-2H3/q+2. The van der Waals surface area contributed by atoms with Crippen LogP contribution >= 0.6 is 0 Å². The Hall–Kier alpha value is -2.30. The molecule has 0 aromatic heterocycles. The Balaban J connectivity index is 1.27. The molecule has 2 aromatic rings. The number of likely N-dealkylation sites (N-methyl/N-ethyl adjacent to an activating group) is 2. The number of Topliss-reactive ketones (excluding diaryl/α,β-unsaturated/α-hetero) is 2. The van der Waals surface area contributed by atoms with Crippen molar-refractivity contribution in [2.24, 2.45) is 0 Å². The molecule has 2 fully saturated rings. The van der Waals surface area contributed by atoms with E-state index in [4.69, 9.17) is 0 Å². The van der Waals surface area contributed by atoms with Gasteiger partial charge in [-0.05, 0) is 62.5 Å². The second-order valence-corrected chi connectivity index (χ2v) is 11.3. The van der Waals surface area contributed by atoms with E-state index in [0.29, 0.717) is 13.1 Å². The summed E-state index contributed by atoms with van der Waals surface area (Å²) < 4.78 is 1.77. The van der Waals surface area contributed by atoms with Gasteiger partial charge in [0.2, 0.25) is 11.6 Å². The summed E-state index contributed by atoms with van der Waals surface area (Å²) in [5.41, 5.74) is 4.17. The van der Waals surface area contributed by atoms with E-state index in [-0.39, 0.29) is 11.6 Å². The van der Waals surface area contributed by atoms with Gasteiger partial charge in [0.25, 0.3) is 0 Å². The lowest BCUT2D eigenvalue weighted by molar-refractivity contribution is -0.906. The summed E-state index contributed by atoms with van der Waals surface area (Å²) in [5, 5.41) is 0. The first-order valence-corrected chi connectivity index (χ1v) is 13.3. The number of nitrogens with zero attached hydrogens (tertiary/aromatic N) is 2. The van der Waals surface area contributed by atoms with Gasteiger partial charge in [-0.15, -0.1) is 0 Å². The van der Waals surface area contributed by atoms with Crippen LogP contribution in [-0.4, -0.2) is 73.9 Å². The first-order valence-electron chi connectivity index (χ1n) is 13.3. The van der Waals surface area contributed by atoms with Crippen LogP contribution in [-0.2, 0) is 12.8 Å². The number of carbonyl (C=O) groups is 2. The molecule has 2 aliphatic heterocycles. The molecule has 2 aliphatic rings. The monoisotopic (exact) mass is 462 g/mol. The SMILES string of the molecule is C[N+]1(CC(=O)c2ccc(CCc3ccc(C(=O)C[N+]4(C)CCCCC4)cc3)cc2)CCCCC1. The number of quaternary nitrogens is 2. The zero-order chi connectivity index (χ0) is 24.0. The number of hydrogen-bond acceptors (Lipinski definition) is 2. The van der Waals surface area contributed by atoms with Crippen LogP contribution in [0.1, 0.15) is 70.4 Å². The molecule has 0 radical (unpaired) electrons. The van der Waals surface area contributed by atoms with Gasteiger partial charge in [-0.2, -0.15) is 0 Å². The Labute approximate surface area is 205 Å². The van der Waals surface area contributed by atoms with Crippen LogP contribution < -0.4 is 0 Å². The molecule has 2 aromatic carbocycles. The minimum absolute atomic E-state index is 0.261. The highest BCUT2D eigenvalue weighted by Gasteiger charge is 2.29. The molecular weight excluding hydrogens is 420 g/mol. The maximum absolute atomic E-state index is 12.8. The van der Waals surface area contributed by atoms with Crippen molar-refractivity contribution in [3.8, 4) is 0 Å². The van der Waals surface area contributed by atoms with Crippen molar-refractivity contribution in [3.63, 3.8) is 0 Å². The quantitative estimate of drug-likeness (QED) is 0.384. The zero-order valence-corrected chi connectivity index (χ0v) is 21.2. The number of hydrogen-bond donors (Lipinski definition) is 0. The molecule has 34 heavy (non-hydrogen) atoms. The predicted molar refractivity (Wildman–Crippen MR) is 138 cm³/mol. The predicted octanol–water partition coefficient (Wildman–Crippen LogP) is 5.10. The average molecular weight is 463 g/mol. The summed E-state index contributed by atoms with van der Waals surface area (Å²) in [6.45, 7) is 5.70. The lowest BCUT2D eigenvalue weighted by Crippen LogP contribution is -2.50. The minimum atomic E-state index is 0.261. The number of benzene rings is 2. The van der Waals surface area contributed by atoms with Gasteiger partial charge in [-0.25, -0.2) is 0 Å². The molecule has 0 bridgehead atoms. The highest BCUT2D eigenvalue weighted by Crippen LogP contribution is 2.19. The second kappa shape index (κ2) is 11.0. The maximum atomic E-state index is 12.8. The van der Waals surface area contributed by atoms with Gasteiger partial charge in [0.1, 0.15) is 13.1 Å². The smallest absolute Gasteiger partial charge is 0.216 e. The molecule has 0 spiro atoms. The van der Waals surface area contributed by atoms with Gasteiger partial charge < -0.3 is 8.97 Å². The largest absolute Gasteiger partial charge is 0.320 e. The van der Waals surface area contributed by atoms with E-state index in [1.165, 1.54) is 49.7 Å². The molecular formula is C30H42N2O2+2. The lowest BCUT2D eigenvalue weighted by Gasteiger charge is -2.37. The van der Waals surface area contributed by atoms with Crippen LogP contribution in [0.2, 0.25) is 0 Å². The minimum Gasteiger partial charge on any atom is -0.320 e. The van der Waals surface area contributed by atoms with Crippen LogP contribution in [0.3, 0.4) is 0 Å². The van der Waals surface area contributed by atoms with E-state index in [9.17, 15) is 9.59 Å². The third kappa shape index (κ3) is 6.64. The zero-order valence-electron chi connectivity index (χ0n) is 21.2. The van der Waals surface area contributed by atoms with E-state index >= 15 is 0 Å². The molecule has 182 valence electrons. The van der Waals surface area contributed by atoms with Crippen LogP contribution in [0.15, 0.2) is 48.5 Å². The molecule has 0 aliphatic carbocycles. The Bertz CT molecular complexity index is 884. The number of ketones is 2. The highest BCUT2D eigenvalue weighted by atomic mass is 16.1. The number of likely N-dealkylation sites (tertiary alicyclic amines) is 2. The summed E-state index contributed by atoms with van der Waals surface area (Å²) >= 11 is 0. The van der Waals surface area contributed by atoms with Gasteiger partial charge in [-0.1, -0.05) is 48.5 Å². The summed E-state index contributed by atoms with van der Waals surface area (Å²) in [4.78, 5) is 25.6. The fourth-order valence-corrected chi connectivity index (χ4v) is 5.75. The first-order chi connectivity index (χ1) is 16.3. The van der Waals surface area contributed by atoms with Crippen molar-refractivity contribution in [1.29, 1.82) is 0 Å². The molecule has 0 N–H and O–H groups in total. The van der Waals surface area contributed by atoms with Crippen LogP contribution in [0.5, 0.6) is 0 Å². The molecule has 0 unspecified atom stereocenters. The van der Waals surface area contributed by atoms with Gasteiger partial charge in [-0.3, -0.25) is 9.59 Å². The molecule has 2 saturated heterocycles. The van der Waals surface area contributed by atoms with Crippen molar-refractivity contribution in [3.05, 3.63) is 70.8 Å². The third-order valence-electron chi connectivity index (χ3n) is 8.10. The highest BCUT2D eigenvalue weighted by molar-refractivity contribution is 5.97. The summed E-state index contributed by atoms with van der Waals surface area (Å²) in [6, 6.07) is 16.4. The number of piperidine rings is 2. The Morgan fingerprint density at radius 2 is 0.882 bits per heavy atom. The first kappa shape index (κ1) is 24.8. The molecule has 2 heterocycles. The average Bonchev–Trinajstić information content (AvgIpc) is 2.83. The Morgan fingerprint density at radius 3 is 1.21 bits per heavy atom. The molecule has 4 rings (SSSR count). The van der Waals surface area contributed by atoms with Crippen LogP contribution in [0, 0.1) is 0 Å². The molecule has 4 nitrogen and oxygen atoms in total. The topological polar surface area (TPSA) is 34.1 Å². The number of rotatable bonds is 9. The van der Waals surface area contributed by atoms with Crippen LogP contribution in [0.25, 0.3) is 0 Å². The van der Waals surface area contributed by atoms with E-state index in [0.717, 1.165) is 59.1 Å². The van der Waals surface area contributed by atoms with Gasteiger partial charge >= 0.3 is 0 Å². The molecule has 0 atom stereocenters. The molecule has 0 amide bonds. The fraction of sp³-hybridized carbons (Fsp3) is 0.533. The van der Waals surface area contributed by atoms with E-state index in [1.807, 2.05) is 24.3 Å². The summed E-state index contributed by atoms with van der Waals surface area (Å²) in [7, 11) is 4.44. The Morgan fingerprint density at radius 1 is 0.559 bits per heavy atom. The van der Waals surface area contributed by atoms with Crippen LogP contribution in [0.4, 0.5) is 0 Å². The third-order valence-corrected chi connectivity index (χ3v) is 8.10. The lowest BCUT2D eigenvalue weighted by atomic mass is 9.99. The van der Waals surface area contributed by atoms with E-state index < -0.39 is 0 Å². The van der Waals surface area contributed by atoms with Crippen molar-refractivity contribution in [1.82, 2.24) is 0 Å². The van der Waals surface area contributed by atoms with Gasteiger partial charge in [0.05, 0.1) is 40.3 Å². The van der Waals surface area contributed by atoms with E-state index in [1.54, 1.807) is 0 Å². The molecule has 0 saturated carbocycles. The van der Waals surface area contributed by atoms with Crippen molar-refractivity contribution < 1.29 is 18.6 Å². The van der Waals surface area contributed by atoms with Crippen molar-refractivity contribution in [2.75, 3.05) is 53.4 Å². The van der Waals surface area contributed by atoms with E-state index in [2.05, 4.69) is 38.4 Å². The Kier molecular flexibility index (Phi) is 8.00. The van der Waals surface area contributed by atoms with Crippen molar-refractivity contribution in [2.45, 2.75) is 51.4 Å².